The smallest absolute Gasteiger partial charge is 0.0487 e. The average Bonchev–Trinajstić information content (AvgIpc) is 2.97. The number of benzene rings is 2. The van der Waals surface area contributed by atoms with E-state index in [0.29, 0.717) is 0 Å². The molecule has 0 amide bonds. The summed E-state index contributed by atoms with van der Waals surface area (Å²) >= 11 is 0. The molecule has 2 aromatic carbocycles. The molecular weight excluding hydrogens is 390 g/mol. The molecule has 1 N–H and O–H groups in total. The van der Waals surface area contributed by atoms with Crippen LogP contribution in [-0.2, 0) is 0 Å². The van der Waals surface area contributed by atoms with Crippen molar-refractivity contribution < 1.29 is 0 Å². The van der Waals surface area contributed by atoms with E-state index < -0.39 is 0 Å². The average molecular weight is 454 g/mol. The Balaban J connectivity index is -0.0000000350. The lowest BCUT2D eigenvalue weighted by atomic mass is 10.4. The standard InChI is InChI=1S/2C6H6.C3H9N.C2H6N2.6C2H6/c2*1-2-4-6-5-3-1;2*1-3-4-2;6*1-2/h2*1-6H;4H,3H2,1-2H3;1-2H3;6*1-2H3. The topological polar surface area (TPSA) is 36.8 Å². The van der Waals surface area contributed by atoms with E-state index in [1.165, 1.54) is 0 Å². The summed E-state index contributed by atoms with van der Waals surface area (Å²) < 4.78 is 0. The summed E-state index contributed by atoms with van der Waals surface area (Å²) in [6.45, 7) is 27.1. The number of rotatable bonds is 1. The number of hydrogen-bond donors (Lipinski definition) is 1. The molecule has 0 atom stereocenters. The normalized spacial score (nSPS) is 6.25. The third kappa shape index (κ3) is 142. The highest BCUT2D eigenvalue weighted by Crippen LogP contribution is 1.80. The molecule has 0 aliphatic carbocycles. The maximum atomic E-state index is 3.36. The molecule has 0 aromatic heterocycles. The monoisotopic (exact) mass is 454 g/mol. The Morgan fingerprint density at radius 1 is 0.406 bits per heavy atom. The second kappa shape index (κ2) is 116. The van der Waals surface area contributed by atoms with E-state index in [1.54, 1.807) is 14.1 Å². The summed E-state index contributed by atoms with van der Waals surface area (Å²) in [5, 5.41) is 9.65. The zero-order chi connectivity index (χ0) is 27.3. The van der Waals surface area contributed by atoms with E-state index in [4.69, 9.17) is 0 Å². The fourth-order valence-corrected chi connectivity index (χ4v) is 0.770. The van der Waals surface area contributed by atoms with Gasteiger partial charge < -0.3 is 5.32 Å². The van der Waals surface area contributed by atoms with Crippen molar-refractivity contribution in [3.05, 3.63) is 72.8 Å². The summed E-state index contributed by atoms with van der Waals surface area (Å²) in [7, 11) is 5.21. The molecule has 0 fully saturated rings. The van der Waals surface area contributed by atoms with E-state index in [1.807, 2.05) is 163 Å². The molecule has 0 spiro atoms. The van der Waals surface area contributed by atoms with Gasteiger partial charge in [-0.05, 0) is 13.6 Å². The largest absolute Gasteiger partial charge is 0.320 e. The Hall–Kier alpha value is -2.00. The van der Waals surface area contributed by atoms with Gasteiger partial charge in [-0.15, -0.1) is 0 Å². The molecule has 0 bridgehead atoms. The zero-order valence-corrected chi connectivity index (χ0v) is 25.0. The summed E-state index contributed by atoms with van der Waals surface area (Å²) in [5.41, 5.74) is 0. The van der Waals surface area contributed by atoms with Crippen LogP contribution >= 0.6 is 0 Å². The van der Waals surface area contributed by atoms with Crippen molar-refractivity contribution in [3.8, 4) is 0 Å². The van der Waals surface area contributed by atoms with Crippen LogP contribution in [0.15, 0.2) is 83.0 Å². The Morgan fingerprint density at radius 2 is 0.500 bits per heavy atom. The van der Waals surface area contributed by atoms with Gasteiger partial charge in [0.2, 0.25) is 0 Å². The van der Waals surface area contributed by atoms with Gasteiger partial charge in [0.1, 0.15) is 0 Å². The minimum absolute atomic E-state index is 1.07. The van der Waals surface area contributed by atoms with Crippen molar-refractivity contribution in [2.45, 2.75) is 90.0 Å². The molecule has 0 heterocycles. The van der Waals surface area contributed by atoms with Gasteiger partial charge in [-0.25, -0.2) is 0 Å². The Kier molecular flexibility index (Phi) is 189. The van der Waals surface area contributed by atoms with Crippen LogP contribution in [0.2, 0.25) is 0 Å². The number of hydrogen-bond acceptors (Lipinski definition) is 3. The van der Waals surface area contributed by atoms with Crippen molar-refractivity contribution in [2.75, 3.05) is 27.7 Å². The molecule has 3 heteroatoms. The molecule has 32 heavy (non-hydrogen) atoms. The molecule has 0 radical (unpaired) electrons. The minimum atomic E-state index is 1.07. The molecule has 0 aliphatic heterocycles. The summed E-state index contributed by atoms with van der Waals surface area (Å²) in [4.78, 5) is 0. The second-order valence-corrected chi connectivity index (χ2v) is 3.42. The van der Waals surface area contributed by atoms with Crippen molar-refractivity contribution in [1.29, 1.82) is 0 Å². The second-order valence-electron chi connectivity index (χ2n) is 3.42. The van der Waals surface area contributed by atoms with Crippen LogP contribution in [0.25, 0.3) is 0 Å². The SMILES string of the molecule is CC.CC.CC.CC.CC.CC.CCNC.CN=NC.c1ccccc1.c1ccccc1. The lowest BCUT2D eigenvalue weighted by Crippen LogP contribution is -2.01. The predicted molar refractivity (Wildman–Crippen MR) is 157 cm³/mol. The maximum Gasteiger partial charge on any atom is 0.0487 e. The molecule has 0 unspecified atom stereocenters. The van der Waals surface area contributed by atoms with E-state index in [2.05, 4.69) is 22.5 Å². The lowest BCUT2D eigenvalue weighted by molar-refractivity contribution is 0.864. The number of nitrogens with one attached hydrogen (secondary N) is 1. The molecular formula is C29H63N3. The fraction of sp³-hybridized carbons (Fsp3) is 0.586. The number of nitrogens with zero attached hydrogens (tertiary/aromatic N) is 2. The van der Waals surface area contributed by atoms with Crippen LogP contribution in [-0.4, -0.2) is 27.7 Å². The first-order valence-corrected chi connectivity index (χ1v) is 12.7. The van der Waals surface area contributed by atoms with Gasteiger partial charge in [0.15, 0.2) is 0 Å². The molecule has 3 nitrogen and oxygen atoms in total. The van der Waals surface area contributed by atoms with Crippen molar-refractivity contribution in [1.82, 2.24) is 5.32 Å². The Labute approximate surface area is 206 Å². The van der Waals surface area contributed by atoms with E-state index in [-0.39, 0.29) is 0 Å². The van der Waals surface area contributed by atoms with Gasteiger partial charge in [-0.1, -0.05) is 163 Å². The van der Waals surface area contributed by atoms with Gasteiger partial charge in [0.25, 0.3) is 0 Å². The zero-order valence-electron chi connectivity index (χ0n) is 25.0. The third-order valence-corrected chi connectivity index (χ3v) is 1.89. The Morgan fingerprint density at radius 3 is 0.531 bits per heavy atom. The first-order valence-electron chi connectivity index (χ1n) is 12.7. The summed E-state index contributed by atoms with van der Waals surface area (Å²) in [6, 6.07) is 24.0. The van der Waals surface area contributed by atoms with Crippen molar-refractivity contribution in [2.24, 2.45) is 10.2 Å². The molecule has 0 aliphatic rings. The van der Waals surface area contributed by atoms with Crippen LogP contribution in [0.3, 0.4) is 0 Å². The molecule has 0 saturated carbocycles. The van der Waals surface area contributed by atoms with Gasteiger partial charge in [-0.3, -0.25) is 0 Å². The first-order chi connectivity index (χ1) is 15.8. The van der Waals surface area contributed by atoms with Crippen molar-refractivity contribution >= 4 is 0 Å². The predicted octanol–water partition coefficient (Wildman–Crippen LogP) is 10.5. The van der Waals surface area contributed by atoms with Crippen LogP contribution < -0.4 is 5.32 Å². The highest BCUT2D eigenvalue weighted by molar-refractivity contribution is 4.99. The van der Waals surface area contributed by atoms with Gasteiger partial charge >= 0.3 is 0 Å². The van der Waals surface area contributed by atoms with Gasteiger partial charge in [0, 0.05) is 14.1 Å². The molecule has 194 valence electrons. The van der Waals surface area contributed by atoms with Crippen LogP contribution in [0, 0.1) is 0 Å². The fourth-order valence-electron chi connectivity index (χ4n) is 0.770. The maximum absolute atomic E-state index is 3.36. The summed E-state index contributed by atoms with van der Waals surface area (Å²) in [6.07, 6.45) is 0. The van der Waals surface area contributed by atoms with Gasteiger partial charge in [-0.2, -0.15) is 10.2 Å². The quantitative estimate of drug-likeness (QED) is 0.428. The van der Waals surface area contributed by atoms with Crippen LogP contribution in [0.5, 0.6) is 0 Å². The van der Waals surface area contributed by atoms with Crippen LogP contribution in [0.1, 0.15) is 90.0 Å². The summed E-state index contributed by atoms with van der Waals surface area (Å²) in [5.74, 6) is 0. The Bertz CT molecular complexity index is 272. The lowest BCUT2D eigenvalue weighted by Gasteiger charge is -1.76. The van der Waals surface area contributed by atoms with Gasteiger partial charge in [0.05, 0.1) is 0 Å². The van der Waals surface area contributed by atoms with Crippen LogP contribution in [0.4, 0.5) is 0 Å². The number of azo groups is 1. The third-order valence-electron chi connectivity index (χ3n) is 1.89. The molecule has 2 rings (SSSR count). The molecule has 2 aromatic rings. The van der Waals surface area contributed by atoms with E-state index in [9.17, 15) is 0 Å². The van der Waals surface area contributed by atoms with Crippen molar-refractivity contribution in [3.63, 3.8) is 0 Å². The first kappa shape index (κ1) is 52.1. The van der Waals surface area contributed by atoms with E-state index in [0.717, 1.165) is 6.54 Å². The highest BCUT2D eigenvalue weighted by atomic mass is 15.0. The minimum Gasteiger partial charge on any atom is -0.320 e. The highest BCUT2D eigenvalue weighted by Gasteiger charge is 1.58. The van der Waals surface area contributed by atoms with E-state index >= 15 is 0 Å². The molecule has 0 saturated heterocycles.